The average molecular weight is 248 g/mol. The molecule has 3 rings (SSSR count). The molecule has 5 nitrogen and oxygen atoms in total. The number of carbonyl (C=O) groups excluding carboxylic acids is 1. The zero-order valence-corrected chi connectivity index (χ0v) is 10.6. The summed E-state index contributed by atoms with van der Waals surface area (Å²) in [5.74, 6) is 1.28. The van der Waals surface area contributed by atoms with E-state index in [0.717, 1.165) is 31.9 Å². The van der Waals surface area contributed by atoms with Gasteiger partial charge in [0, 0.05) is 37.9 Å². The van der Waals surface area contributed by atoms with Gasteiger partial charge in [-0.2, -0.15) is 0 Å². The van der Waals surface area contributed by atoms with Gasteiger partial charge in [0.05, 0.1) is 6.54 Å². The molecule has 2 aliphatic rings. The molecule has 0 radical (unpaired) electrons. The number of aromatic nitrogens is 2. The van der Waals surface area contributed by atoms with Crippen LogP contribution in [-0.2, 0) is 17.9 Å². The second-order valence-electron chi connectivity index (χ2n) is 5.18. The van der Waals surface area contributed by atoms with E-state index in [2.05, 4.69) is 14.9 Å². The van der Waals surface area contributed by atoms with Gasteiger partial charge >= 0.3 is 0 Å². The second kappa shape index (κ2) is 5.10. The van der Waals surface area contributed by atoms with Crippen LogP contribution in [0.3, 0.4) is 0 Å². The van der Waals surface area contributed by atoms with E-state index in [-0.39, 0.29) is 5.91 Å². The van der Waals surface area contributed by atoms with Crippen LogP contribution in [0.4, 0.5) is 0 Å². The molecule has 1 fully saturated rings. The molecule has 1 unspecified atom stereocenters. The number of hydrogen-bond acceptors (Lipinski definition) is 3. The van der Waals surface area contributed by atoms with E-state index in [1.165, 1.54) is 12.8 Å². The normalized spacial score (nSPS) is 23.1. The maximum Gasteiger partial charge on any atom is 0.223 e. The summed E-state index contributed by atoms with van der Waals surface area (Å²) in [6.45, 7) is 3.48. The Hall–Kier alpha value is -1.36. The Bertz CT molecular complexity index is 422. The fraction of sp³-hybridized carbons (Fsp3) is 0.692. The molecule has 1 atom stereocenters. The number of amides is 1. The number of fused-ring (bicyclic) bond motifs is 1. The number of rotatable bonds is 3. The first kappa shape index (κ1) is 11.7. The van der Waals surface area contributed by atoms with Gasteiger partial charge in [0.25, 0.3) is 0 Å². The van der Waals surface area contributed by atoms with Gasteiger partial charge < -0.3 is 14.8 Å². The van der Waals surface area contributed by atoms with Crippen molar-refractivity contribution in [2.24, 2.45) is 0 Å². The molecule has 5 heteroatoms. The van der Waals surface area contributed by atoms with Crippen molar-refractivity contribution >= 4 is 5.91 Å². The highest BCUT2D eigenvalue weighted by molar-refractivity contribution is 5.76. The Balaban J connectivity index is 1.51. The maximum atomic E-state index is 12.1. The molecule has 1 aromatic heterocycles. The minimum absolute atomic E-state index is 0.276. The van der Waals surface area contributed by atoms with Crippen LogP contribution in [0, 0.1) is 0 Å². The molecule has 0 aromatic carbocycles. The summed E-state index contributed by atoms with van der Waals surface area (Å²) in [7, 11) is 0. The molecule has 98 valence electrons. The third-order valence-electron chi connectivity index (χ3n) is 3.97. The van der Waals surface area contributed by atoms with E-state index in [4.69, 9.17) is 0 Å². The lowest BCUT2D eigenvalue weighted by Gasteiger charge is -2.28. The molecule has 1 aromatic rings. The van der Waals surface area contributed by atoms with Gasteiger partial charge in [0.2, 0.25) is 5.91 Å². The quantitative estimate of drug-likeness (QED) is 0.859. The highest BCUT2D eigenvalue weighted by Crippen LogP contribution is 2.15. The number of carbonyl (C=O) groups is 1. The average Bonchev–Trinajstić information content (AvgIpc) is 3.05. The summed E-state index contributed by atoms with van der Waals surface area (Å²) in [6.07, 6.45) is 7.91. The molecule has 0 spiro atoms. The third-order valence-corrected chi connectivity index (χ3v) is 3.97. The van der Waals surface area contributed by atoms with Crippen LogP contribution in [0.15, 0.2) is 12.4 Å². The van der Waals surface area contributed by atoms with Crippen LogP contribution in [0.25, 0.3) is 0 Å². The summed E-state index contributed by atoms with van der Waals surface area (Å²) in [5.41, 5.74) is 0. The Morgan fingerprint density at radius 2 is 2.44 bits per heavy atom. The Kier molecular flexibility index (Phi) is 3.32. The highest BCUT2D eigenvalue weighted by Gasteiger charge is 2.22. The van der Waals surface area contributed by atoms with Gasteiger partial charge in [-0.05, 0) is 25.8 Å². The summed E-state index contributed by atoms with van der Waals surface area (Å²) < 4.78 is 2.13. The van der Waals surface area contributed by atoms with Crippen molar-refractivity contribution in [3.05, 3.63) is 18.2 Å². The van der Waals surface area contributed by atoms with Crippen LogP contribution in [0.1, 0.15) is 31.5 Å². The molecule has 0 aliphatic carbocycles. The minimum atomic E-state index is 0.276. The Labute approximate surface area is 107 Å². The van der Waals surface area contributed by atoms with Crippen molar-refractivity contribution in [2.45, 2.75) is 44.8 Å². The van der Waals surface area contributed by atoms with Crippen molar-refractivity contribution in [1.29, 1.82) is 0 Å². The number of imidazole rings is 1. The predicted octanol–water partition coefficient (Wildman–Crippen LogP) is 0.757. The zero-order valence-electron chi connectivity index (χ0n) is 10.6. The summed E-state index contributed by atoms with van der Waals surface area (Å²) >= 11 is 0. The lowest BCUT2D eigenvalue weighted by atomic mass is 10.1. The largest absolute Gasteiger partial charge is 0.333 e. The molecule has 18 heavy (non-hydrogen) atoms. The predicted molar refractivity (Wildman–Crippen MR) is 67.9 cm³/mol. The van der Waals surface area contributed by atoms with Crippen LogP contribution >= 0.6 is 0 Å². The summed E-state index contributed by atoms with van der Waals surface area (Å²) in [5, 5.41) is 3.44. The topological polar surface area (TPSA) is 50.2 Å². The summed E-state index contributed by atoms with van der Waals surface area (Å²) in [6, 6.07) is 0.556. The molecule has 1 N–H and O–H groups in total. The third kappa shape index (κ3) is 2.41. The number of hydrogen-bond donors (Lipinski definition) is 1. The van der Waals surface area contributed by atoms with Gasteiger partial charge in [-0.15, -0.1) is 0 Å². The molecule has 2 aliphatic heterocycles. The maximum absolute atomic E-state index is 12.1. The fourth-order valence-electron chi connectivity index (χ4n) is 2.85. The number of nitrogens with zero attached hydrogens (tertiary/aromatic N) is 3. The molecular formula is C13H20N4O. The highest BCUT2D eigenvalue weighted by atomic mass is 16.2. The first-order valence-corrected chi connectivity index (χ1v) is 6.84. The molecule has 3 heterocycles. The van der Waals surface area contributed by atoms with E-state index in [1.807, 2.05) is 17.3 Å². The van der Waals surface area contributed by atoms with Gasteiger partial charge in [0.15, 0.2) is 0 Å². The van der Waals surface area contributed by atoms with Crippen molar-refractivity contribution in [2.75, 3.05) is 13.1 Å². The van der Waals surface area contributed by atoms with Crippen molar-refractivity contribution in [3.63, 3.8) is 0 Å². The lowest BCUT2D eigenvalue weighted by Crippen LogP contribution is -2.38. The molecule has 1 amide bonds. The standard InChI is InChI=1S/C13H20N4O/c18-13(4-3-11-2-1-5-14-11)17-9-8-16-7-6-15-12(16)10-17/h6-7,11,14H,1-5,8-10H2. The smallest absolute Gasteiger partial charge is 0.223 e. The van der Waals surface area contributed by atoms with Crippen LogP contribution in [0.5, 0.6) is 0 Å². The van der Waals surface area contributed by atoms with Gasteiger partial charge in [-0.3, -0.25) is 4.79 Å². The van der Waals surface area contributed by atoms with Gasteiger partial charge in [-0.25, -0.2) is 4.98 Å². The van der Waals surface area contributed by atoms with E-state index in [9.17, 15) is 4.79 Å². The molecule has 0 bridgehead atoms. The molecule has 1 saturated heterocycles. The van der Waals surface area contributed by atoms with Gasteiger partial charge in [0.1, 0.15) is 5.82 Å². The second-order valence-corrected chi connectivity index (χ2v) is 5.18. The number of nitrogens with one attached hydrogen (secondary N) is 1. The SMILES string of the molecule is O=C(CCC1CCCN1)N1CCn2ccnc2C1. The summed E-state index contributed by atoms with van der Waals surface area (Å²) in [4.78, 5) is 18.4. The van der Waals surface area contributed by atoms with E-state index >= 15 is 0 Å². The van der Waals surface area contributed by atoms with E-state index in [0.29, 0.717) is 19.0 Å². The van der Waals surface area contributed by atoms with Crippen LogP contribution in [0.2, 0.25) is 0 Å². The van der Waals surface area contributed by atoms with E-state index < -0.39 is 0 Å². The minimum Gasteiger partial charge on any atom is -0.333 e. The van der Waals surface area contributed by atoms with E-state index in [1.54, 1.807) is 0 Å². The van der Waals surface area contributed by atoms with Gasteiger partial charge in [-0.1, -0.05) is 0 Å². The lowest BCUT2D eigenvalue weighted by molar-refractivity contribution is -0.132. The monoisotopic (exact) mass is 248 g/mol. The van der Waals surface area contributed by atoms with Crippen molar-refractivity contribution in [1.82, 2.24) is 19.8 Å². The Morgan fingerprint density at radius 3 is 3.28 bits per heavy atom. The van der Waals surface area contributed by atoms with Crippen molar-refractivity contribution in [3.8, 4) is 0 Å². The molecular weight excluding hydrogens is 228 g/mol. The van der Waals surface area contributed by atoms with Crippen molar-refractivity contribution < 1.29 is 4.79 Å². The fourth-order valence-corrected chi connectivity index (χ4v) is 2.85. The zero-order chi connectivity index (χ0) is 12.4. The Morgan fingerprint density at radius 1 is 1.50 bits per heavy atom. The van der Waals surface area contributed by atoms with Crippen LogP contribution in [-0.4, -0.2) is 39.5 Å². The first-order chi connectivity index (χ1) is 8.83. The molecule has 0 saturated carbocycles. The first-order valence-electron chi connectivity index (χ1n) is 6.84. The van der Waals surface area contributed by atoms with Crippen LogP contribution < -0.4 is 5.32 Å².